The Morgan fingerprint density at radius 1 is 1.12 bits per heavy atom. The van der Waals surface area contributed by atoms with Crippen molar-refractivity contribution in [1.82, 2.24) is 29.5 Å². The standard InChI is InChI=1S/C30H33F3N6O2/c1-19(40)38-13-9-28-26(18-38)29(21-2-4-22(5-3-21)30(31,32)33)36-39(28)17-23(41)16-37-11-7-20(8-12-37)24-15-35-27-6-10-34-14-25(24)27/h2-6,10,14-15,20,23,35,41H,7-9,11-13,16-18H2,1H3. The molecule has 0 spiro atoms. The first-order chi connectivity index (χ1) is 19.7. The summed E-state index contributed by atoms with van der Waals surface area (Å²) in [5.74, 6) is 0.379. The number of amides is 1. The van der Waals surface area contributed by atoms with Crippen LogP contribution in [0, 0.1) is 0 Å². The quantitative estimate of drug-likeness (QED) is 0.356. The molecule has 41 heavy (non-hydrogen) atoms. The molecule has 0 bridgehead atoms. The van der Waals surface area contributed by atoms with Crippen molar-refractivity contribution in [3.63, 3.8) is 0 Å². The number of fused-ring (bicyclic) bond motifs is 2. The van der Waals surface area contributed by atoms with Crippen molar-refractivity contribution >= 4 is 16.8 Å². The van der Waals surface area contributed by atoms with Crippen molar-refractivity contribution < 1.29 is 23.1 Å². The van der Waals surface area contributed by atoms with Crippen LogP contribution in [-0.4, -0.2) is 72.8 Å². The molecule has 2 aliphatic rings. The molecule has 1 unspecified atom stereocenters. The zero-order valence-corrected chi connectivity index (χ0v) is 22.9. The molecule has 1 aromatic carbocycles. The lowest BCUT2D eigenvalue weighted by atomic mass is 9.89. The second kappa shape index (κ2) is 10.9. The van der Waals surface area contributed by atoms with E-state index in [2.05, 4.69) is 21.1 Å². The van der Waals surface area contributed by atoms with E-state index in [1.807, 2.05) is 12.3 Å². The summed E-state index contributed by atoms with van der Waals surface area (Å²) in [6, 6.07) is 6.94. The number of aliphatic hydroxyl groups excluding tert-OH is 1. The predicted octanol–water partition coefficient (Wildman–Crippen LogP) is 4.59. The van der Waals surface area contributed by atoms with Gasteiger partial charge in [-0.1, -0.05) is 12.1 Å². The number of benzene rings is 1. The SMILES string of the molecule is CC(=O)N1CCc2c(c(-c3ccc(C(F)(F)F)cc3)nn2CC(O)CN2CCC(c3c[nH]c4ccncc34)CC2)C1. The molecule has 2 N–H and O–H groups in total. The highest BCUT2D eigenvalue weighted by Gasteiger charge is 2.32. The van der Waals surface area contributed by atoms with Gasteiger partial charge >= 0.3 is 6.18 Å². The van der Waals surface area contributed by atoms with Crippen LogP contribution in [0.25, 0.3) is 22.2 Å². The number of halogens is 3. The smallest absolute Gasteiger partial charge is 0.390 e. The minimum Gasteiger partial charge on any atom is -0.390 e. The number of hydrogen-bond acceptors (Lipinski definition) is 5. The third-order valence-corrected chi connectivity index (χ3v) is 8.46. The van der Waals surface area contributed by atoms with Crippen molar-refractivity contribution in [3.05, 3.63) is 71.3 Å². The predicted molar refractivity (Wildman–Crippen MR) is 148 cm³/mol. The number of β-amino-alcohol motifs (C(OH)–C–C–N with tert-alkyl or cyclic N) is 1. The van der Waals surface area contributed by atoms with Crippen LogP contribution in [-0.2, 0) is 30.5 Å². The summed E-state index contributed by atoms with van der Waals surface area (Å²) >= 11 is 0. The molecule has 11 heteroatoms. The Hall–Kier alpha value is -3.70. The highest BCUT2D eigenvalue weighted by atomic mass is 19.4. The lowest BCUT2D eigenvalue weighted by Gasteiger charge is -2.33. The highest BCUT2D eigenvalue weighted by Crippen LogP contribution is 2.35. The number of nitrogens with zero attached hydrogens (tertiary/aromatic N) is 5. The van der Waals surface area contributed by atoms with Crippen LogP contribution in [0.1, 0.15) is 48.1 Å². The monoisotopic (exact) mass is 566 g/mol. The minimum atomic E-state index is -4.42. The van der Waals surface area contributed by atoms with Gasteiger partial charge in [0.2, 0.25) is 5.91 Å². The lowest BCUT2D eigenvalue weighted by Crippen LogP contribution is -2.40. The Bertz CT molecular complexity index is 1540. The Labute approximate surface area is 235 Å². The third kappa shape index (κ3) is 5.60. The fourth-order valence-electron chi connectivity index (χ4n) is 6.26. The fourth-order valence-corrected chi connectivity index (χ4v) is 6.26. The summed E-state index contributed by atoms with van der Waals surface area (Å²) in [5.41, 5.74) is 4.53. The number of pyridine rings is 1. The van der Waals surface area contributed by atoms with Gasteiger partial charge in [0.15, 0.2) is 0 Å². The molecule has 4 aromatic rings. The maximum atomic E-state index is 13.1. The van der Waals surface area contributed by atoms with Gasteiger partial charge in [-0.2, -0.15) is 18.3 Å². The molecular weight excluding hydrogens is 533 g/mol. The molecule has 5 heterocycles. The number of aliphatic hydroxyl groups is 1. The summed E-state index contributed by atoms with van der Waals surface area (Å²) in [6.07, 6.45) is 3.25. The molecular formula is C30H33F3N6O2. The molecule has 3 aromatic heterocycles. The molecule has 1 fully saturated rings. The maximum Gasteiger partial charge on any atom is 0.416 e. The van der Waals surface area contributed by atoms with Crippen molar-refractivity contribution in [3.8, 4) is 11.3 Å². The number of rotatable bonds is 6. The fraction of sp³-hybridized carbons (Fsp3) is 0.433. The molecule has 1 saturated heterocycles. The van der Waals surface area contributed by atoms with Crippen LogP contribution in [0.5, 0.6) is 0 Å². The molecule has 6 rings (SSSR count). The van der Waals surface area contributed by atoms with Crippen LogP contribution in [0.4, 0.5) is 13.2 Å². The summed E-state index contributed by atoms with van der Waals surface area (Å²) in [5, 5.41) is 17.0. The molecule has 0 aliphatic carbocycles. The van der Waals surface area contributed by atoms with Gasteiger partial charge in [-0.3, -0.25) is 14.5 Å². The molecule has 0 radical (unpaired) electrons. The molecule has 216 valence electrons. The van der Waals surface area contributed by atoms with Crippen molar-refractivity contribution in [2.24, 2.45) is 0 Å². The van der Waals surface area contributed by atoms with Crippen molar-refractivity contribution in [2.75, 3.05) is 26.2 Å². The summed E-state index contributed by atoms with van der Waals surface area (Å²) in [6.45, 7) is 4.91. The largest absolute Gasteiger partial charge is 0.416 e. The Morgan fingerprint density at radius 2 is 1.88 bits per heavy atom. The lowest BCUT2D eigenvalue weighted by molar-refractivity contribution is -0.137. The van der Waals surface area contributed by atoms with Crippen LogP contribution in [0.15, 0.2) is 48.9 Å². The Morgan fingerprint density at radius 3 is 2.59 bits per heavy atom. The number of aromatic amines is 1. The van der Waals surface area contributed by atoms with E-state index in [0.717, 1.165) is 54.8 Å². The van der Waals surface area contributed by atoms with Crippen LogP contribution < -0.4 is 0 Å². The normalized spacial score (nSPS) is 17.6. The van der Waals surface area contributed by atoms with Gasteiger partial charge in [0.1, 0.15) is 0 Å². The minimum absolute atomic E-state index is 0.0610. The van der Waals surface area contributed by atoms with E-state index in [1.54, 1.807) is 15.8 Å². The molecule has 0 saturated carbocycles. The first-order valence-electron chi connectivity index (χ1n) is 14.0. The number of carbonyl (C=O) groups is 1. The number of piperidine rings is 1. The zero-order valence-electron chi connectivity index (χ0n) is 22.9. The summed E-state index contributed by atoms with van der Waals surface area (Å²) in [7, 11) is 0. The van der Waals surface area contributed by atoms with Gasteiger partial charge in [0.05, 0.1) is 23.9 Å². The number of aromatic nitrogens is 4. The molecule has 8 nitrogen and oxygen atoms in total. The second-order valence-corrected chi connectivity index (χ2v) is 11.1. The number of carbonyl (C=O) groups excluding carboxylic acids is 1. The topological polar surface area (TPSA) is 90.3 Å². The van der Waals surface area contributed by atoms with Crippen molar-refractivity contribution in [2.45, 2.75) is 57.5 Å². The van der Waals surface area contributed by atoms with Gasteiger partial charge in [0.25, 0.3) is 0 Å². The summed E-state index contributed by atoms with van der Waals surface area (Å²) < 4.78 is 41.2. The Balaban J connectivity index is 1.15. The summed E-state index contributed by atoms with van der Waals surface area (Å²) in [4.78, 5) is 23.7. The van der Waals surface area contributed by atoms with E-state index < -0.39 is 17.8 Å². The van der Waals surface area contributed by atoms with Gasteiger partial charge < -0.3 is 19.9 Å². The number of H-pyrrole nitrogens is 1. The van der Waals surface area contributed by atoms with Gasteiger partial charge in [-0.25, -0.2) is 0 Å². The number of alkyl halides is 3. The van der Waals surface area contributed by atoms with E-state index >= 15 is 0 Å². The van der Waals surface area contributed by atoms with E-state index in [4.69, 9.17) is 5.10 Å². The molecule has 1 atom stereocenters. The number of nitrogens with one attached hydrogen (secondary N) is 1. The van der Waals surface area contributed by atoms with Crippen LogP contribution in [0.3, 0.4) is 0 Å². The zero-order chi connectivity index (χ0) is 28.7. The first kappa shape index (κ1) is 27.5. The third-order valence-electron chi connectivity index (χ3n) is 8.46. The number of likely N-dealkylation sites (tertiary alicyclic amines) is 1. The van der Waals surface area contributed by atoms with E-state index in [-0.39, 0.29) is 12.5 Å². The van der Waals surface area contributed by atoms with Crippen molar-refractivity contribution in [1.29, 1.82) is 0 Å². The number of hydrogen-bond donors (Lipinski definition) is 2. The van der Waals surface area contributed by atoms with E-state index in [1.165, 1.54) is 30.0 Å². The van der Waals surface area contributed by atoms with Crippen LogP contribution >= 0.6 is 0 Å². The van der Waals surface area contributed by atoms with Gasteiger partial charge in [-0.15, -0.1) is 0 Å². The average Bonchev–Trinajstić information content (AvgIpc) is 3.54. The first-order valence-corrected chi connectivity index (χ1v) is 14.0. The molecule has 2 aliphatic heterocycles. The average molecular weight is 567 g/mol. The molecule has 1 amide bonds. The van der Waals surface area contributed by atoms with E-state index in [9.17, 15) is 23.1 Å². The van der Waals surface area contributed by atoms with E-state index in [0.29, 0.717) is 43.2 Å². The van der Waals surface area contributed by atoms with Gasteiger partial charge in [0, 0.05) is 79.3 Å². The highest BCUT2D eigenvalue weighted by molar-refractivity contribution is 5.82. The van der Waals surface area contributed by atoms with Gasteiger partial charge in [-0.05, 0) is 55.6 Å². The second-order valence-electron chi connectivity index (χ2n) is 11.1. The van der Waals surface area contributed by atoms with Crippen LogP contribution in [0.2, 0.25) is 0 Å². The maximum absolute atomic E-state index is 13.1. The Kier molecular flexibility index (Phi) is 7.33.